The fourth-order valence-corrected chi connectivity index (χ4v) is 2.11. The molecular weight excluding hydrogens is 256 g/mol. The molecule has 2 aromatic rings. The number of aromatic amines is 1. The van der Waals surface area contributed by atoms with E-state index in [1.807, 2.05) is 13.0 Å². The number of halogens is 1. The molecule has 2 N–H and O–H groups in total. The van der Waals surface area contributed by atoms with E-state index in [9.17, 15) is 5.11 Å². The zero-order chi connectivity index (χ0) is 11.2. The van der Waals surface area contributed by atoms with Gasteiger partial charge in [-0.3, -0.25) is 0 Å². The molecule has 0 aliphatic rings. The van der Waals surface area contributed by atoms with E-state index in [4.69, 9.17) is 0 Å². The van der Waals surface area contributed by atoms with Crippen LogP contribution in [0.5, 0.6) is 0 Å². The number of fused-ring (bicyclic) bond motifs is 1. The minimum Gasteiger partial charge on any atom is -0.385 e. The Morgan fingerprint density at radius 1 is 1.40 bits per heavy atom. The molecule has 80 valence electrons. The Morgan fingerprint density at radius 2 is 2.07 bits per heavy atom. The van der Waals surface area contributed by atoms with Crippen molar-refractivity contribution in [3.05, 3.63) is 27.5 Å². The van der Waals surface area contributed by atoms with E-state index >= 15 is 0 Å². The molecule has 0 fully saturated rings. The number of aliphatic hydroxyl groups is 1. The Hall–Kier alpha value is -0.870. The first kappa shape index (κ1) is 10.6. The standard InChI is InChI=1S/C11H13BrN2O/c1-5-6(2)10-9(4-8(5)12)13-11(14-10)7(3)15/h4,7,15H,1-3H3,(H,13,14)/t7-/m0/s1. The molecule has 0 saturated carbocycles. The van der Waals surface area contributed by atoms with Crippen LogP contribution in [0.2, 0.25) is 0 Å². The molecule has 1 aromatic carbocycles. The summed E-state index contributed by atoms with van der Waals surface area (Å²) < 4.78 is 1.06. The zero-order valence-electron chi connectivity index (χ0n) is 8.93. The van der Waals surface area contributed by atoms with Crippen molar-refractivity contribution in [2.24, 2.45) is 0 Å². The van der Waals surface area contributed by atoms with Gasteiger partial charge in [-0.1, -0.05) is 15.9 Å². The fraction of sp³-hybridized carbons (Fsp3) is 0.364. The molecule has 0 spiro atoms. The number of aryl methyl sites for hydroxylation is 1. The minimum absolute atomic E-state index is 0.559. The Bertz CT molecular complexity index is 517. The van der Waals surface area contributed by atoms with E-state index in [1.54, 1.807) is 6.92 Å². The van der Waals surface area contributed by atoms with Crippen molar-refractivity contribution < 1.29 is 5.11 Å². The van der Waals surface area contributed by atoms with E-state index < -0.39 is 6.10 Å². The average Bonchev–Trinajstić information content (AvgIpc) is 2.58. The number of hydrogen-bond acceptors (Lipinski definition) is 2. The van der Waals surface area contributed by atoms with Crippen LogP contribution in [0.25, 0.3) is 11.0 Å². The van der Waals surface area contributed by atoms with Gasteiger partial charge in [-0.15, -0.1) is 0 Å². The molecule has 4 heteroatoms. The maximum Gasteiger partial charge on any atom is 0.135 e. The normalized spacial score (nSPS) is 13.4. The summed E-state index contributed by atoms with van der Waals surface area (Å²) in [6.07, 6.45) is -0.559. The quantitative estimate of drug-likeness (QED) is 0.836. The average molecular weight is 269 g/mol. The van der Waals surface area contributed by atoms with Gasteiger partial charge in [-0.2, -0.15) is 0 Å². The maximum absolute atomic E-state index is 9.45. The van der Waals surface area contributed by atoms with Crippen molar-refractivity contribution in [2.45, 2.75) is 26.9 Å². The first-order valence-corrected chi connectivity index (χ1v) is 5.63. The van der Waals surface area contributed by atoms with Crippen LogP contribution in [0.4, 0.5) is 0 Å². The van der Waals surface area contributed by atoms with Crippen LogP contribution >= 0.6 is 15.9 Å². The Morgan fingerprint density at radius 3 is 2.67 bits per heavy atom. The number of aliphatic hydroxyl groups excluding tert-OH is 1. The molecule has 0 aliphatic carbocycles. The minimum atomic E-state index is -0.559. The summed E-state index contributed by atoms with van der Waals surface area (Å²) >= 11 is 3.50. The van der Waals surface area contributed by atoms with Crippen LogP contribution < -0.4 is 0 Å². The van der Waals surface area contributed by atoms with Crippen LogP contribution in [0.1, 0.15) is 30.0 Å². The van der Waals surface area contributed by atoms with Crippen LogP contribution in [-0.2, 0) is 0 Å². The van der Waals surface area contributed by atoms with Crippen molar-refractivity contribution >= 4 is 27.0 Å². The molecule has 3 nitrogen and oxygen atoms in total. The van der Waals surface area contributed by atoms with E-state index in [0.29, 0.717) is 5.82 Å². The van der Waals surface area contributed by atoms with Crippen LogP contribution in [-0.4, -0.2) is 15.1 Å². The number of H-pyrrole nitrogens is 1. The van der Waals surface area contributed by atoms with Crippen LogP contribution in [0.3, 0.4) is 0 Å². The van der Waals surface area contributed by atoms with Gasteiger partial charge in [0.2, 0.25) is 0 Å². The van der Waals surface area contributed by atoms with Crippen LogP contribution in [0, 0.1) is 13.8 Å². The summed E-state index contributed by atoms with van der Waals surface area (Å²) in [6, 6.07) is 2.00. The second-order valence-electron chi connectivity index (χ2n) is 3.80. The van der Waals surface area contributed by atoms with Crippen molar-refractivity contribution in [1.82, 2.24) is 9.97 Å². The Balaban J connectivity index is 2.76. The lowest BCUT2D eigenvalue weighted by atomic mass is 10.1. The maximum atomic E-state index is 9.45. The summed E-state index contributed by atoms with van der Waals surface area (Å²) in [5.41, 5.74) is 4.22. The molecule has 1 heterocycles. The Labute approximate surface area is 96.7 Å². The molecule has 0 radical (unpaired) electrons. The molecule has 1 aromatic heterocycles. The van der Waals surface area contributed by atoms with Gasteiger partial charge >= 0.3 is 0 Å². The van der Waals surface area contributed by atoms with Crippen molar-refractivity contribution in [3.8, 4) is 0 Å². The molecular formula is C11H13BrN2O. The molecule has 2 rings (SSSR count). The lowest BCUT2D eigenvalue weighted by Crippen LogP contribution is -1.92. The number of benzene rings is 1. The van der Waals surface area contributed by atoms with Gasteiger partial charge in [-0.05, 0) is 38.0 Å². The third kappa shape index (κ3) is 1.68. The van der Waals surface area contributed by atoms with Crippen LogP contribution in [0.15, 0.2) is 10.5 Å². The van der Waals surface area contributed by atoms with Crippen molar-refractivity contribution in [1.29, 1.82) is 0 Å². The van der Waals surface area contributed by atoms with Gasteiger partial charge in [-0.25, -0.2) is 4.98 Å². The van der Waals surface area contributed by atoms with Crippen molar-refractivity contribution in [2.75, 3.05) is 0 Å². The van der Waals surface area contributed by atoms with Gasteiger partial charge < -0.3 is 10.1 Å². The first-order valence-electron chi connectivity index (χ1n) is 4.84. The highest BCUT2D eigenvalue weighted by atomic mass is 79.9. The van der Waals surface area contributed by atoms with Gasteiger partial charge in [0.25, 0.3) is 0 Å². The van der Waals surface area contributed by atoms with Gasteiger partial charge in [0.1, 0.15) is 11.9 Å². The highest BCUT2D eigenvalue weighted by molar-refractivity contribution is 9.10. The van der Waals surface area contributed by atoms with Gasteiger partial charge in [0.15, 0.2) is 0 Å². The molecule has 0 saturated heterocycles. The third-order valence-corrected chi connectivity index (χ3v) is 3.52. The SMILES string of the molecule is Cc1c(Br)cc2[nH]c([C@H](C)O)nc2c1C. The molecule has 1 atom stereocenters. The van der Waals surface area contributed by atoms with Gasteiger partial charge in [0, 0.05) is 4.47 Å². The topological polar surface area (TPSA) is 48.9 Å². The van der Waals surface area contributed by atoms with Gasteiger partial charge in [0.05, 0.1) is 11.0 Å². The summed E-state index contributed by atoms with van der Waals surface area (Å²) in [6.45, 7) is 5.79. The second-order valence-corrected chi connectivity index (χ2v) is 4.66. The number of aromatic nitrogens is 2. The second kappa shape index (κ2) is 3.61. The number of rotatable bonds is 1. The predicted octanol–water partition coefficient (Wildman–Crippen LogP) is 3.00. The third-order valence-electron chi connectivity index (χ3n) is 2.69. The highest BCUT2D eigenvalue weighted by Crippen LogP contribution is 2.27. The highest BCUT2D eigenvalue weighted by Gasteiger charge is 2.12. The molecule has 0 aliphatic heterocycles. The zero-order valence-corrected chi connectivity index (χ0v) is 10.5. The predicted molar refractivity (Wildman–Crippen MR) is 63.9 cm³/mol. The van der Waals surface area contributed by atoms with E-state index in [1.165, 1.54) is 5.56 Å². The summed E-state index contributed by atoms with van der Waals surface area (Å²) in [4.78, 5) is 7.50. The lowest BCUT2D eigenvalue weighted by molar-refractivity contribution is 0.190. The summed E-state index contributed by atoms with van der Waals surface area (Å²) in [5, 5.41) is 9.45. The molecule has 15 heavy (non-hydrogen) atoms. The Kier molecular flexibility index (Phi) is 2.56. The molecule has 0 unspecified atom stereocenters. The number of imidazole rings is 1. The summed E-state index contributed by atoms with van der Waals surface area (Å²) in [7, 11) is 0. The van der Waals surface area contributed by atoms with Crippen molar-refractivity contribution in [3.63, 3.8) is 0 Å². The van der Waals surface area contributed by atoms with E-state index in [0.717, 1.165) is 21.1 Å². The van der Waals surface area contributed by atoms with E-state index in [2.05, 4.69) is 32.8 Å². The lowest BCUT2D eigenvalue weighted by Gasteiger charge is -2.02. The summed E-state index contributed by atoms with van der Waals surface area (Å²) in [5.74, 6) is 0.616. The number of nitrogens with zero attached hydrogens (tertiary/aromatic N) is 1. The monoisotopic (exact) mass is 268 g/mol. The smallest absolute Gasteiger partial charge is 0.135 e. The largest absolute Gasteiger partial charge is 0.385 e. The van der Waals surface area contributed by atoms with E-state index in [-0.39, 0.29) is 0 Å². The number of hydrogen-bond donors (Lipinski definition) is 2. The number of nitrogens with one attached hydrogen (secondary N) is 1. The molecule has 0 amide bonds. The first-order chi connectivity index (χ1) is 7.00. The fourth-order valence-electron chi connectivity index (χ4n) is 1.59. The molecule has 0 bridgehead atoms.